The SMILES string of the molecule is [U].[c-]1ccnc2ccsc12. The van der Waals surface area contributed by atoms with Gasteiger partial charge in [-0.25, -0.2) is 0 Å². The van der Waals surface area contributed by atoms with Gasteiger partial charge in [0, 0.05) is 31.1 Å². The molecule has 0 spiro atoms. The number of rotatable bonds is 0. The molecule has 2 rings (SSSR count). The Balaban J connectivity index is 0.000000500. The third-order valence-electron chi connectivity index (χ3n) is 1.15. The Hall–Kier alpha value is 0.162. The number of nitrogens with zero attached hydrogens (tertiary/aromatic N) is 1. The predicted octanol–water partition coefficient (Wildman–Crippen LogP) is 2.10. The van der Waals surface area contributed by atoms with Gasteiger partial charge in [0.05, 0.1) is 0 Å². The number of pyridine rings is 1. The van der Waals surface area contributed by atoms with Gasteiger partial charge in [0.25, 0.3) is 0 Å². The van der Waals surface area contributed by atoms with E-state index >= 15 is 0 Å². The van der Waals surface area contributed by atoms with Crippen LogP contribution in [0.15, 0.2) is 23.7 Å². The number of hydrogen-bond acceptors (Lipinski definition) is 2. The zero-order valence-corrected chi connectivity index (χ0v) is 10.1. The van der Waals surface area contributed by atoms with Crippen molar-refractivity contribution in [3.63, 3.8) is 0 Å². The van der Waals surface area contributed by atoms with Crippen LogP contribution in [-0.4, -0.2) is 4.98 Å². The first kappa shape index (κ1) is 8.26. The van der Waals surface area contributed by atoms with Crippen molar-refractivity contribution < 1.29 is 31.1 Å². The first-order valence-electron chi connectivity index (χ1n) is 2.67. The number of fused-ring (bicyclic) bond motifs is 1. The zero-order chi connectivity index (χ0) is 6.10. The molecule has 2 aromatic heterocycles. The van der Waals surface area contributed by atoms with E-state index in [1.807, 2.05) is 17.5 Å². The van der Waals surface area contributed by atoms with Crippen LogP contribution in [-0.2, 0) is 0 Å². The summed E-state index contributed by atoms with van der Waals surface area (Å²) in [5.74, 6) is 0. The van der Waals surface area contributed by atoms with E-state index in [-0.39, 0.29) is 31.1 Å². The summed E-state index contributed by atoms with van der Waals surface area (Å²) in [6.07, 6.45) is 1.76. The van der Waals surface area contributed by atoms with Crippen molar-refractivity contribution in [2.75, 3.05) is 0 Å². The van der Waals surface area contributed by atoms with Crippen LogP contribution in [0.25, 0.3) is 10.2 Å². The summed E-state index contributed by atoms with van der Waals surface area (Å²) in [6.45, 7) is 0. The summed E-state index contributed by atoms with van der Waals surface area (Å²) in [5, 5.41) is 2.02. The fraction of sp³-hybridized carbons (Fsp3) is 0. The van der Waals surface area contributed by atoms with E-state index in [1.165, 1.54) is 0 Å². The Kier molecular flexibility index (Phi) is 2.91. The minimum Gasteiger partial charge on any atom is -0.382 e. The molecule has 0 saturated carbocycles. The van der Waals surface area contributed by atoms with Gasteiger partial charge in [0.2, 0.25) is 0 Å². The molecule has 0 aliphatic carbocycles. The number of thiophene rings is 1. The molecule has 0 unspecified atom stereocenters. The standard InChI is InChI=1S/C7H4NS.U/c1-2-7-6(8-4-1)3-5-9-7;/h1,3-5H;/q-1;. The van der Waals surface area contributed by atoms with Crippen LogP contribution in [0.2, 0.25) is 0 Å². The van der Waals surface area contributed by atoms with Gasteiger partial charge in [0.15, 0.2) is 0 Å². The second kappa shape index (κ2) is 3.52. The topological polar surface area (TPSA) is 12.9 Å². The maximum Gasteiger partial charge on any atom is 0 e. The quantitative estimate of drug-likeness (QED) is 0.646. The van der Waals surface area contributed by atoms with Crippen LogP contribution in [0.4, 0.5) is 0 Å². The summed E-state index contributed by atoms with van der Waals surface area (Å²) < 4.78 is 1.14. The molecule has 0 aliphatic rings. The van der Waals surface area contributed by atoms with E-state index in [9.17, 15) is 0 Å². The molecular weight excluding hydrogens is 368 g/mol. The molecule has 0 atom stereocenters. The van der Waals surface area contributed by atoms with Crippen molar-refractivity contribution in [1.82, 2.24) is 4.98 Å². The molecule has 0 aliphatic heterocycles. The fourth-order valence-corrected chi connectivity index (χ4v) is 1.45. The Morgan fingerprint density at radius 1 is 1.50 bits per heavy atom. The Labute approximate surface area is 86.9 Å². The van der Waals surface area contributed by atoms with Gasteiger partial charge in [0.1, 0.15) is 0 Å². The van der Waals surface area contributed by atoms with Crippen molar-refractivity contribution in [1.29, 1.82) is 0 Å². The largest absolute Gasteiger partial charge is 0.382 e. The Bertz CT molecular complexity index is 288. The van der Waals surface area contributed by atoms with Gasteiger partial charge in [-0.05, 0) is 10.9 Å². The summed E-state index contributed by atoms with van der Waals surface area (Å²) in [7, 11) is 0. The summed E-state index contributed by atoms with van der Waals surface area (Å²) in [4.78, 5) is 4.12. The van der Waals surface area contributed by atoms with Gasteiger partial charge in [-0.1, -0.05) is 17.0 Å². The number of hydrogen-bond donors (Lipinski definition) is 0. The zero-order valence-electron chi connectivity index (χ0n) is 5.16. The van der Waals surface area contributed by atoms with Gasteiger partial charge >= 0.3 is 0 Å². The van der Waals surface area contributed by atoms with Gasteiger partial charge in [-0.2, -0.15) is 23.5 Å². The molecule has 2 aromatic rings. The van der Waals surface area contributed by atoms with Crippen LogP contribution in [0.5, 0.6) is 0 Å². The smallest absolute Gasteiger partial charge is 0 e. The first-order chi connectivity index (χ1) is 4.47. The minimum atomic E-state index is 0. The molecule has 2 heterocycles. The third-order valence-corrected chi connectivity index (χ3v) is 1.98. The van der Waals surface area contributed by atoms with Crippen molar-refractivity contribution in [3.05, 3.63) is 29.8 Å². The molecule has 0 radical (unpaired) electrons. The van der Waals surface area contributed by atoms with Crippen LogP contribution < -0.4 is 0 Å². The molecule has 0 N–H and O–H groups in total. The normalized spacial score (nSPS) is 9.20. The van der Waals surface area contributed by atoms with Crippen LogP contribution in [0.3, 0.4) is 0 Å². The minimum absolute atomic E-state index is 0. The van der Waals surface area contributed by atoms with E-state index in [2.05, 4.69) is 11.1 Å². The van der Waals surface area contributed by atoms with E-state index in [1.54, 1.807) is 17.5 Å². The molecule has 0 amide bonds. The van der Waals surface area contributed by atoms with Crippen molar-refractivity contribution in [2.45, 2.75) is 0 Å². The molecule has 3 heteroatoms. The number of aromatic nitrogens is 1. The summed E-state index contributed by atoms with van der Waals surface area (Å²) in [6, 6.07) is 6.92. The maximum atomic E-state index is 4.12. The van der Waals surface area contributed by atoms with Gasteiger partial charge < -0.3 is 4.98 Å². The monoisotopic (exact) mass is 372 g/mol. The van der Waals surface area contributed by atoms with Gasteiger partial charge in [-0.3, -0.25) is 0 Å². The summed E-state index contributed by atoms with van der Waals surface area (Å²) >= 11 is 1.67. The third kappa shape index (κ3) is 1.42. The Morgan fingerprint density at radius 2 is 2.40 bits per heavy atom. The van der Waals surface area contributed by atoms with E-state index in [4.69, 9.17) is 0 Å². The van der Waals surface area contributed by atoms with E-state index < -0.39 is 0 Å². The molecule has 0 fully saturated rings. The Morgan fingerprint density at radius 3 is 3.20 bits per heavy atom. The summed E-state index contributed by atoms with van der Waals surface area (Å²) in [5.41, 5.74) is 1.04. The average Bonchev–Trinajstić information content (AvgIpc) is 2.33. The molecule has 0 saturated heterocycles. The van der Waals surface area contributed by atoms with Crippen LogP contribution >= 0.6 is 11.3 Å². The van der Waals surface area contributed by atoms with Gasteiger partial charge in [-0.15, -0.1) is 0 Å². The second-order valence-corrected chi connectivity index (χ2v) is 2.64. The fourth-order valence-electron chi connectivity index (χ4n) is 0.743. The molecule has 0 bridgehead atoms. The second-order valence-electron chi connectivity index (χ2n) is 1.72. The molecule has 48 valence electrons. The maximum absolute atomic E-state index is 4.12. The van der Waals surface area contributed by atoms with E-state index in [0.29, 0.717) is 0 Å². The van der Waals surface area contributed by atoms with E-state index in [0.717, 1.165) is 10.2 Å². The van der Waals surface area contributed by atoms with Crippen LogP contribution in [0.1, 0.15) is 0 Å². The molecule has 0 aromatic carbocycles. The molecule has 1 nitrogen and oxygen atoms in total. The molecule has 10 heavy (non-hydrogen) atoms. The first-order valence-corrected chi connectivity index (χ1v) is 3.55. The van der Waals surface area contributed by atoms with Crippen molar-refractivity contribution in [2.24, 2.45) is 0 Å². The van der Waals surface area contributed by atoms with Crippen molar-refractivity contribution in [3.8, 4) is 0 Å². The van der Waals surface area contributed by atoms with Crippen LogP contribution in [0, 0.1) is 37.2 Å². The molecular formula is C7H4NSU-. The van der Waals surface area contributed by atoms with Crippen molar-refractivity contribution >= 4 is 21.6 Å². The average molecular weight is 372 g/mol. The predicted molar refractivity (Wildman–Crippen MR) is 38.5 cm³/mol.